The summed E-state index contributed by atoms with van der Waals surface area (Å²) in [6.45, 7) is 5.32. The molecule has 144 valence electrons. The summed E-state index contributed by atoms with van der Waals surface area (Å²) in [5.74, 6) is 0. The van der Waals surface area contributed by atoms with E-state index in [1.165, 1.54) is 8.61 Å². The van der Waals surface area contributed by atoms with E-state index in [0.717, 1.165) is 11.3 Å². The van der Waals surface area contributed by atoms with E-state index in [9.17, 15) is 13.2 Å². The lowest BCUT2D eigenvalue weighted by Crippen LogP contribution is -2.57. The topological polar surface area (TPSA) is 95.1 Å². The van der Waals surface area contributed by atoms with Crippen molar-refractivity contribution in [3.63, 3.8) is 0 Å². The van der Waals surface area contributed by atoms with Crippen LogP contribution in [0.5, 0.6) is 0 Å². The number of aryl methyl sites for hydroxylation is 1. The molecule has 1 N–H and O–H groups in total. The van der Waals surface area contributed by atoms with Gasteiger partial charge in [0.25, 0.3) is 10.2 Å². The van der Waals surface area contributed by atoms with Crippen LogP contribution in [-0.4, -0.2) is 85.4 Å². The first-order valence-corrected chi connectivity index (χ1v) is 10.1. The highest BCUT2D eigenvalue weighted by Gasteiger charge is 2.34. The molecule has 0 bridgehead atoms. The summed E-state index contributed by atoms with van der Waals surface area (Å²) in [5, 5.41) is 2.88. The summed E-state index contributed by atoms with van der Waals surface area (Å²) >= 11 is 0. The first kappa shape index (κ1) is 19.0. The highest BCUT2D eigenvalue weighted by molar-refractivity contribution is 7.86. The zero-order chi connectivity index (χ0) is 18.6. The average Bonchev–Trinajstić information content (AvgIpc) is 2.67. The number of rotatable bonds is 4. The quantitative estimate of drug-likeness (QED) is 0.777. The summed E-state index contributed by atoms with van der Waals surface area (Å²) in [6, 6.07) is 3.61. The Balaban J connectivity index is 1.49. The number of carbonyl (C=O) groups excluding carboxylic acids is 1. The lowest BCUT2D eigenvalue weighted by atomic mass is 10.2. The van der Waals surface area contributed by atoms with E-state index in [1.54, 1.807) is 11.1 Å². The van der Waals surface area contributed by atoms with Crippen LogP contribution in [0.25, 0.3) is 0 Å². The molecule has 0 aromatic carbocycles. The molecule has 3 rings (SSSR count). The molecule has 2 aliphatic heterocycles. The maximum atomic E-state index is 12.6. The second kappa shape index (κ2) is 8.30. The van der Waals surface area contributed by atoms with Gasteiger partial charge in [0.2, 0.25) is 0 Å². The van der Waals surface area contributed by atoms with Crippen LogP contribution in [0.15, 0.2) is 18.3 Å². The Morgan fingerprint density at radius 2 is 1.81 bits per heavy atom. The Hall–Kier alpha value is -1.75. The fourth-order valence-electron chi connectivity index (χ4n) is 3.07. The van der Waals surface area contributed by atoms with Crippen LogP contribution in [0.2, 0.25) is 0 Å². The lowest BCUT2D eigenvalue weighted by Gasteiger charge is -2.37. The molecule has 0 atom stereocenters. The molecule has 2 amide bonds. The molecule has 2 fully saturated rings. The zero-order valence-corrected chi connectivity index (χ0v) is 15.7. The van der Waals surface area contributed by atoms with Gasteiger partial charge in [0, 0.05) is 57.7 Å². The monoisotopic (exact) mass is 383 g/mol. The molecule has 2 saturated heterocycles. The van der Waals surface area contributed by atoms with E-state index < -0.39 is 10.2 Å². The minimum absolute atomic E-state index is 0.178. The van der Waals surface area contributed by atoms with E-state index >= 15 is 0 Å². The Bertz CT molecular complexity index is 728. The van der Waals surface area contributed by atoms with Crippen molar-refractivity contribution in [2.45, 2.75) is 13.5 Å². The van der Waals surface area contributed by atoms with Crippen molar-refractivity contribution in [1.82, 2.24) is 23.8 Å². The second-order valence-electron chi connectivity index (χ2n) is 6.37. The predicted molar refractivity (Wildman–Crippen MR) is 95.7 cm³/mol. The van der Waals surface area contributed by atoms with Crippen LogP contribution in [0, 0.1) is 6.92 Å². The van der Waals surface area contributed by atoms with Crippen LogP contribution in [0.1, 0.15) is 11.3 Å². The van der Waals surface area contributed by atoms with Gasteiger partial charge in [-0.3, -0.25) is 4.98 Å². The summed E-state index contributed by atoms with van der Waals surface area (Å²) < 4.78 is 33.4. The molecule has 0 radical (unpaired) electrons. The minimum atomic E-state index is -3.47. The zero-order valence-electron chi connectivity index (χ0n) is 14.9. The van der Waals surface area contributed by atoms with Crippen molar-refractivity contribution >= 4 is 16.2 Å². The van der Waals surface area contributed by atoms with Gasteiger partial charge in [0.15, 0.2) is 0 Å². The normalized spacial score (nSPS) is 20.1. The van der Waals surface area contributed by atoms with Gasteiger partial charge in [0.05, 0.1) is 13.2 Å². The smallest absolute Gasteiger partial charge is 0.317 e. The van der Waals surface area contributed by atoms with Crippen LogP contribution in [0.4, 0.5) is 4.79 Å². The first-order valence-electron chi connectivity index (χ1n) is 8.74. The number of carbonyl (C=O) groups is 1. The summed E-state index contributed by atoms with van der Waals surface area (Å²) in [7, 11) is -3.47. The molecule has 0 unspecified atom stereocenters. The summed E-state index contributed by atoms with van der Waals surface area (Å²) in [6.07, 6.45) is 1.71. The van der Waals surface area contributed by atoms with E-state index in [2.05, 4.69) is 10.3 Å². The SMILES string of the molecule is Cc1cc(CNC(=O)N2CCN(S(=O)(=O)N3CCOCC3)CC2)ccn1. The number of ether oxygens (including phenoxy) is 1. The van der Waals surface area contributed by atoms with E-state index in [0.29, 0.717) is 59.0 Å². The molecule has 0 saturated carbocycles. The number of urea groups is 1. The Labute approximate surface area is 154 Å². The van der Waals surface area contributed by atoms with Crippen molar-refractivity contribution in [2.75, 3.05) is 52.5 Å². The molecule has 10 heteroatoms. The minimum Gasteiger partial charge on any atom is -0.379 e. The van der Waals surface area contributed by atoms with Gasteiger partial charge in [-0.25, -0.2) is 4.79 Å². The number of hydrogen-bond donors (Lipinski definition) is 1. The van der Waals surface area contributed by atoms with Crippen molar-refractivity contribution in [3.05, 3.63) is 29.6 Å². The fourth-order valence-corrected chi connectivity index (χ4v) is 4.63. The second-order valence-corrected chi connectivity index (χ2v) is 8.30. The van der Waals surface area contributed by atoms with Gasteiger partial charge in [-0.2, -0.15) is 17.0 Å². The number of nitrogens with one attached hydrogen (secondary N) is 1. The van der Waals surface area contributed by atoms with Gasteiger partial charge in [-0.05, 0) is 24.6 Å². The van der Waals surface area contributed by atoms with E-state index in [4.69, 9.17) is 4.74 Å². The van der Waals surface area contributed by atoms with Crippen LogP contribution < -0.4 is 5.32 Å². The van der Waals surface area contributed by atoms with Crippen molar-refractivity contribution < 1.29 is 17.9 Å². The van der Waals surface area contributed by atoms with Crippen molar-refractivity contribution in [1.29, 1.82) is 0 Å². The molecule has 26 heavy (non-hydrogen) atoms. The summed E-state index contributed by atoms with van der Waals surface area (Å²) in [4.78, 5) is 18.1. The predicted octanol–water partition coefficient (Wildman–Crippen LogP) is -0.206. The third-order valence-electron chi connectivity index (χ3n) is 4.55. The third-order valence-corrected chi connectivity index (χ3v) is 6.59. The first-order chi connectivity index (χ1) is 12.5. The molecule has 2 aliphatic rings. The number of morpholine rings is 1. The Morgan fingerprint density at radius 1 is 1.15 bits per heavy atom. The molecular weight excluding hydrogens is 358 g/mol. The number of amides is 2. The largest absolute Gasteiger partial charge is 0.379 e. The Morgan fingerprint density at radius 3 is 2.46 bits per heavy atom. The van der Waals surface area contributed by atoms with Gasteiger partial charge >= 0.3 is 6.03 Å². The number of nitrogens with zero attached hydrogens (tertiary/aromatic N) is 4. The molecule has 0 aliphatic carbocycles. The van der Waals surface area contributed by atoms with Gasteiger partial charge < -0.3 is 15.0 Å². The lowest BCUT2D eigenvalue weighted by molar-refractivity contribution is 0.0690. The maximum Gasteiger partial charge on any atom is 0.317 e. The van der Waals surface area contributed by atoms with Crippen LogP contribution in [-0.2, 0) is 21.5 Å². The molecule has 3 heterocycles. The third kappa shape index (κ3) is 4.50. The molecule has 1 aromatic rings. The molecule has 1 aromatic heterocycles. The number of pyridine rings is 1. The fraction of sp³-hybridized carbons (Fsp3) is 0.625. The standard InChI is InChI=1S/C16H25N5O4S/c1-14-12-15(2-3-17-14)13-18-16(22)19-4-6-20(7-5-19)26(23,24)21-8-10-25-11-9-21/h2-3,12H,4-11,13H2,1H3,(H,18,22). The van der Waals surface area contributed by atoms with Gasteiger partial charge in [-0.15, -0.1) is 0 Å². The highest BCUT2D eigenvalue weighted by Crippen LogP contribution is 2.14. The molecule has 9 nitrogen and oxygen atoms in total. The molecule has 0 spiro atoms. The Kier molecular flexibility index (Phi) is 6.07. The number of aromatic nitrogens is 1. The van der Waals surface area contributed by atoms with Crippen molar-refractivity contribution in [3.8, 4) is 0 Å². The van der Waals surface area contributed by atoms with E-state index in [1.807, 2.05) is 19.1 Å². The number of piperazine rings is 1. The average molecular weight is 383 g/mol. The highest BCUT2D eigenvalue weighted by atomic mass is 32.2. The number of hydrogen-bond acceptors (Lipinski definition) is 5. The van der Waals surface area contributed by atoms with Crippen molar-refractivity contribution in [2.24, 2.45) is 0 Å². The van der Waals surface area contributed by atoms with Crippen LogP contribution in [0.3, 0.4) is 0 Å². The van der Waals surface area contributed by atoms with Gasteiger partial charge in [0.1, 0.15) is 0 Å². The maximum absolute atomic E-state index is 12.6. The summed E-state index contributed by atoms with van der Waals surface area (Å²) in [5.41, 5.74) is 1.89. The van der Waals surface area contributed by atoms with E-state index in [-0.39, 0.29) is 6.03 Å². The molecular formula is C16H25N5O4S. The van der Waals surface area contributed by atoms with Gasteiger partial charge in [-0.1, -0.05) is 0 Å². The van der Waals surface area contributed by atoms with Crippen LogP contribution >= 0.6 is 0 Å².